The molecule has 2 rings (SSSR count). The van der Waals surface area contributed by atoms with Gasteiger partial charge in [0.15, 0.2) is 16.9 Å². The van der Waals surface area contributed by atoms with E-state index in [1.165, 1.54) is 5.38 Å². The predicted molar refractivity (Wildman–Crippen MR) is 100 cm³/mol. The Morgan fingerprint density at radius 3 is 2.69 bits per heavy atom. The van der Waals surface area contributed by atoms with E-state index in [1.807, 2.05) is 6.92 Å². The predicted octanol–water partition coefficient (Wildman–Crippen LogP) is -1.08. The summed E-state index contributed by atoms with van der Waals surface area (Å²) >= 11 is 1.03. The molecule has 0 radical (unpaired) electrons. The summed E-state index contributed by atoms with van der Waals surface area (Å²) in [5.41, 5.74) is 5.30. The standard InChI is InChI=1S/C14H19N5O8S2/c1-3-4-5-27-18-8(7-6-28-14(15)16-7)11(20)17-9-10(13(22)26-2)19(12(9)21)29(23,24)25/h6,9-10H,3-5H2,1-2H3,(H2,15,16)(H,17,20)(H,23,24,25)/b18-8-. The summed E-state index contributed by atoms with van der Waals surface area (Å²) in [6, 6.07) is -3.37. The Kier molecular flexibility index (Phi) is 7.10. The molecule has 2 amide bonds. The number of hydrogen-bond acceptors (Lipinski definition) is 11. The lowest BCUT2D eigenvalue weighted by molar-refractivity contribution is -0.162. The number of nitrogens with zero attached hydrogens (tertiary/aromatic N) is 3. The minimum absolute atomic E-state index is 0.0644. The van der Waals surface area contributed by atoms with Gasteiger partial charge in [0.25, 0.3) is 11.8 Å². The molecule has 2 heterocycles. The third kappa shape index (κ3) is 4.99. The van der Waals surface area contributed by atoms with Gasteiger partial charge in [0.1, 0.15) is 18.3 Å². The van der Waals surface area contributed by atoms with Crippen molar-refractivity contribution in [2.45, 2.75) is 31.8 Å². The number of amides is 2. The number of carbonyl (C=O) groups is 3. The fourth-order valence-electron chi connectivity index (χ4n) is 2.34. The van der Waals surface area contributed by atoms with E-state index in [0.29, 0.717) is 6.42 Å². The minimum atomic E-state index is -5.03. The van der Waals surface area contributed by atoms with Crippen LogP contribution in [0.3, 0.4) is 0 Å². The highest BCUT2D eigenvalue weighted by Crippen LogP contribution is 2.25. The Morgan fingerprint density at radius 1 is 1.48 bits per heavy atom. The van der Waals surface area contributed by atoms with Crippen molar-refractivity contribution in [3.05, 3.63) is 11.1 Å². The Labute approximate surface area is 169 Å². The maximum absolute atomic E-state index is 12.6. The first-order chi connectivity index (χ1) is 13.6. The minimum Gasteiger partial charge on any atom is -0.467 e. The molecule has 0 spiro atoms. The molecular weight excluding hydrogens is 430 g/mol. The van der Waals surface area contributed by atoms with Crippen LogP contribution < -0.4 is 11.1 Å². The van der Waals surface area contributed by atoms with Crippen molar-refractivity contribution in [1.82, 2.24) is 14.6 Å². The highest BCUT2D eigenvalue weighted by Gasteiger charge is 2.58. The Hall–Kier alpha value is -2.78. The molecule has 4 N–H and O–H groups in total. The lowest BCUT2D eigenvalue weighted by Gasteiger charge is -2.41. The van der Waals surface area contributed by atoms with Gasteiger partial charge in [0, 0.05) is 5.38 Å². The highest BCUT2D eigenvalue weighted by molar-refractivity contribution is 7.84. The van der Waals surface area contributed by atoms with Crippen molar-refractivity contribution in [2.24, 2.45) is 5.16 Å². The van der Waals surface area contributed by atoms with E-state index in [0.717, 1.165) is 24.9 Å². The second-order valence-electron chi connectivity index (χ2n) is 5.73. The van der Waals surface area contributed by atoms with Crippen LogP contribution in [0.15, 0.2) is 10.5 Å². The number of esters is 1. The largest absolute Gasteiger partial charge is 0.467 e. The summed E-state index contributed by atoms with van der Waals surface area (Å²) < 4.78 is 36.1. The molecule has 2 atom stereocenters. The van der Waals surface area contributed by atoms with Crippen LogP contribution >= 0.6 is 11.3 Å². The van der Waals surface area contributed by atoms with Gasteiger partial charge in [-0.15, -0.1) is 11.3 Å². The molecule has 0 saturated carbocycles. The Morgan fingerprint density at radius 2 is 2.17 bits per heavy atom. The van der Waals surface area contributed by atoms with Crippen molar-refractivity contribution in [2.75, 3.05) is 19.5 Å². The monoisotopic (exact) mass is 449 g/mol. The van der Waals surface area contributed by atoms with E-state index in [1.54, 1.807) is 0 Å². The van der Waals surface area contributed by atoms with Crippen LogP contribution in [-0.4, -0.2) is 71.6 Å². The molecule has 15 heteroatoms. The number of ether oxygens (including phenoxy) is 1. The number of nitrogens with two attached hydrogens (primary N) is 1. The SMILES string of the molecule is CCCCO/N=C(\C(=O)NC1C(=O)N(S(=O)(=O)O)C1C(=O)OC)c1csc(N)n1. The number of anilines is 1. The first-order valence-electron chi connectivity index (χ1n) is 8.22. The number of nitrogens with one attached hydrogen (secondary N) is 1. The van der Waals surface area contributed by atoms with Gasteiger partial charge in [-0.05, 0) is 6.42 Å². The fraction of sp³-hybridized carbons (Fsp3) is 0.500. The summed E-state index contributed by atoms with van der Waals surface area (Å²) in [5.74, 6) is -3.34. The van der Waals surface area contributed by atoms with Crippen LogP contribution in [0.4, 0.5) is 5.13 Å². The van der Waals surface area contributed by atoms with Crippen molar-refractivity contribution < 1.29 is 36.9 Å². The van der Waals surface area contributed by atoms with E-state index >= 15 is 0 Å². The van der Waals surface area contributed by atoms with E-state index in [9.17, 15) is 22.8 Å². The molecule has 1 aromatic heterocycles. The number of oxime groups is 1. The molecule has 160 valence electrons. The molecular formula is C14H19N5O8S2. The molecule has 1 aliphatic heterocycles. The molecule has 0 aromatic carbocycles. The summed E-state index contributed by atoms with van der Waals surface area (Å²) in [6.45, 7) is 2.15. The van der Waals surface area contributed by atoms with Gasteiger partial charge in [-0.25, -0.2) is 9.78 Å². The number of rotatable bonds is 9. The topological polar surface area (TPSA) is 191 Å². The summed E-state index contributed by atoms with van der Waals surface area (Å²) in [7, 11) is -4.07. The number of β-lactam (4-membered cyclic amide) rings is 1. The van der Waals surface area contributed by atoms with Gasteiger partial charge < -0.3 is 20.6 Å². The van der Waals surface area contributed by atoms with E-state index in [2.05, 4.69) is 20.2 Å². The van der Waals surface area contributed by atoms with E-state index in [4.69, 9.17) is 15.1 Å². The van der Waals surface area contributed by atoms with Gasteiger partial charge in [-0.1, -0.05) is 18.5 Å². The highest BCUT2D eigenvalue weighted by atomic mass is 32.2. The quantitative estimate of drug-likeness (QED) is 0.104. The lowest BCUT2D eigenvalue weighted by atomic mass is 9.98. The lowest BCUT2D eigenvalue weighted by Crippen LogP contribution is -2.74. The zero-order chi connectivity index (χ0) is 21.8. The number of unbranched alkanes of at least 4 members (excludes halogenated alkanes) is 1. The van der Waals surface area contributed by atoms with Crippen molar-refractivity contribution in [3.8, 4) is 0 Å². The molecule has 1 aromatic rings. The van der Waals surface area contributed by atoms with Crippen molar-refractivity contribution in [3.63, 3.8) is 0 Å². The van der Waals surface area contributed by atoms with Crippen LogP contribution in [-0.2, 0) is 34.3 Å². The van der Waals surface area contributed by atoms with Crippen LogP contribution in [0.2, 0.25) is 0 Å². The maximum Gasteiger partial charge on any atom is 0.363 e. The molecule has 2 unspecified atom stereocenters. The first kappa shape index (κ1) is 22.5. The number of methoxy groups -OCH3 is 1. The zero-order valence-corrected chi connectivity index (χ0v) is 17.0. The average Bonchev–Trinajstić information content (AvgIpc) is 3.07. The van der Waals surface area contributed by atoms with Gasteiger partial charge in [0.2, 0.25) is 0 Å². The molecule has 13 nitrogen and oxygen atoms in total. The summed E-state index contributed by atoms with van der Waals surface area (Å²) in [6.07, 6.45) is 1.50. The third-order valence-electron chi connectivity index (χ3n) is 3.75. The second-order valence-corrected chi connectivity index (χ2v) is 7.91. The molecule has 0 bridgehead atoms. The molecule has 0 aliphatic carbocycles. The van der Waals surface area contributed by atoms with Crippen LogP contribution in [0.5, 0.6) is 0 Å². The van der Waals surface area contributed by atoms with Gasteiger partial charge >= 0.3 is 16.3 Å². The molecule has 1 saturated heterocycles. The zero-order valence-electron chi connectivity index (χ0n) is 15.4. The fourth-order valence-corrected chi connectivity index (χ4v) is 3.73. The first-order valence-corrected chi connectivity index (χ1v) is 10.5. The van der Waals surface area contributed by atoms with Crippen LogP contribution in [0.1, 0.15) is 25.5 Å². The number of carbonyl (C=O) groups excluding carboxylic acids is 3. The second kappa shape index (κ2) is 9.15. The third-order valence-corrected chi connectivity index (χ3v) is 5.33. The maximum atomic E-state index is 12.6. The average molecular weight is 449 g/mol. The number of nitrogen functional groups attached to an aromatic ring is 1. The van der Waals surface area contributed by atoms with Gasteiger partial charge in [0.05, 0.1) is 7.11 Å². The van der Waals surface area contributed by atoms with Gasteiger partial charge in [-0.3, -0.25) is 14.1 Å². The Bertz CT molecular complexity index is 928. The smallest absolute Gasteiger partial charge is 0.363 e. The van der Waals surface area contributed by atoms with E-state index in [-0.39, 0.29) is 27.4 Å². The number of aromatic nitrogens is 1. The van der Waals surface area contributed by atoms with Gasteiger partial charge in [-0.2, -0.15) is 12.7 Å². The molecule has 1 aliphatic rings. The summed E-state index contributed by atoms with van der Waals surface area (Å²) in [5, 5.41) is 7.50. The Balaban J connectivity index is 2.25. The summed E-state index contributed by atoms with van der Waals surface area (Å²) in [4.78, 5) is 45.6. The van der Waals surface area contributed by atoms with Crippen LogP contribution in [0, 0.1) is 0 Å². The van der Waals surface area contributed by atoms with E-state index < -0.39 is 40.2 Å². The number of hydrogen-bond donors (Lipinski definition) is 3. The van der Waals surface area contributed by atoms with Crippen molar-refractivity contribution >= 4 is 50.3 Å². The van der Waals surface area contributed by atoms with Crippen LogP contribution in [0.25, 0.3) is 0 Å². The van der Waals surface area contributed by atoms with Crippen molar-refractivity contribution in [1.29, 1.82) is 0 Å². The molecule has 1 fully saturated rings. The number of thiazole rings is 1. The molecule has 29 heavy (non-hydrogen) atoms. The normalized spacial score (nSPS) is 19.5.